The zero-order valence-electron chi connectivity index (χ0n) is 11.3. The number of benzene rings is 1. The minimum absolute atomic E-state index is 0.0289. The average molecular weight is 233 g/mol. The molecule has 0 saturated carbocycles. The van der Waals surface area contributed by atoms with Crippen LogP contribution in [0.3, 0.4) is 0 Å². The van der Waals surface area contributed by atoms with Crippen molar-refractivity contribution in [3.05, 3.63) is 35.4 Å². The first-order valence-electron chi connectivity index (χ1n) is 6.45. The highest BCUT2D eigenvalue weighted by molar-refractivity contribution is 5.94. The molecule has 94 valence electrons. The van der Waals surface area contributed by atoms with Gasteiger partial charge in [-0.15, -0.1) is 0 Å². The smallest absolute Gasteiger partial charge is 0.251 e. The highest BCUT2D eigenvalue weighted by atomic mass is 16.1. The molecule has 1 aromatic rings. The zero-order valence-corrected chi connectivity index (χ0v) is 11.3. The second-order valence-corrected chi connectivity index (χ2v) is 4.94. The van der Waals surface area contributed by atoms with E-state index in [1.165, 1.54) is 5.56 Å². The number of carbonyl (C=O) groups is 1. The van der Waals surface area contributed by atoms with Crippen molar-refractivity contribution in [1.29, 1.82) is 0 Å². The maximum atomic E-state index is 11.9. The molecule has 0 heterocycles. The van der Waals surface area contributed by atoms with Crippen LogP contribution in [0, 0.1) is 0 Å². The molecule has 0 aliphatic carbocycles. The predicted molar refractivity (Wildman–Crippen MR) is 72.4 cm³/mol. The van der Waals surface area contributed by atoms with E-state index in [-0.39, 0.29) is 11.9 Å². The van der Waals surface area contributed by atoms with Gasteiger partial charge in [-0.2, -0.15) is 0 Å². The van der Waals surface area contributed by atoms with Crippen LogP contribution in [0.25, 0.3) is 0 Å². The molecule has 2 heteroatoms. The van der Waals surface area contributed by atoms with Gasteiger partial charge in [0.15, 0.2) is 0 Å². The third kappa shape index (κ3) is 4.22. The molecule has 0 spiro atoms. The van der Waals surface area contributed by atoms with Crippen molar-refractivity contribution in [3.8, 4) is 0 Å². The molecule has 0 unspecified atom stereocenters. The minimum atomic E-state index is 0.0289. The van der Waals surface area contributed by atoms with E-state index < -0.39 is 0 Å². The molecule has 1 aromatic carbocycles. The number of nitrogens with one attached hydrogen (secondary N) is 1. The van der Waals surface area contributed by atoms with Gasteiger partial charge in [0, 0.05) is 11.6 Å². The summed E-state index contributed by atoms with van der Waals surface area (Å²) in [7, 11) is 0. The third-order valence-corrected chi connectivity index (χ3v) is 2.94. The Kier molecular flexibility index (Phi) is 5.20. The minimum Gasteiger partial charge on any atom is -0.350 e. The molecule has 1 rings (SSSR count). The van der Waals surface area contributed by atoms with Gasteiger partial charge in [0.25, 0.3) is 5.91 Å². The zero-order chi connectivity index (χ0) is 12.8. The van der Waals surface area contributed by atoms with Crippen LogP contribution in [0.2, 0.25) is 0 Å². The van der Waals surface area contributed by atoms with Crippen LogP contribution in [0.5, 0.6) is 0 Å². The van der Waals surface area contributed by atoms with Gasteiger partial charge in [0.2, 0.25) is 0 Å². The van der Waals surface area contributed by atoms with Crippen LogP contribution >= 0.6 is 0 Å². The van der Waals surface area contributed by atoms with Crippen molar-refractivity contribution in [1.82, 2.24) is 5.32 Å². The summed E-state index contributed by atoms with van der Waals surface area (Å²) in [6, 6.07) is 8.12. The number of amides is 1. The molecule has 0 aromatic heterocycles. The Labute approximate surface area is 104 Å². The predicted octanol–water partition coefficient (Wildman–Crippen LogP) is 3.73. The van der Waals surface area contributed by atoms with Crippen LogP contribution in [-0.4, -0.2) is 11.9 Å². The number of hydrogen-bond donors (Lipinski definition) is 1. The van der Waals surface area contributed by atoms with E-state index in [4.69, 9.17) is 0 Å². The summed E-state index contributed by atoms with van der Waals surface area (Å²) in [5.41, 5.74) is 2.01. The normalized spacial score (nSPS) is 12.5. The topological polar surface area (TPSA) is 29.1 Å². The summed E-state index contributed by atoms with van der Waals surface area (Å²) in [5.74, 6) is 0.535. The first-order chi connectivity index (χ1) is 8.04. The number of rotatable bonds is 5. The quantitative estimate of drug-likeness (QED) is 0.825. The van der Waals surface area contributed by atoms with Gasteiger partial charge in [0.05, 0.1) is 0 Å². The fourth-order valence-corrected chi connectivity index (χ4v) is 1.83. The second-order valence-electron chi connectivity index (χ2n) is 4.94. The summed E-state index contributed by atoms with van der Waals surface area (Å²) in [4.78, 5) is 11.9. The number of carbonyl (C=O) groups excluding carboxylic acids is 1. The van der Waals surface area contributed by atoms with Crippen LogP contribution in [0.15, 0.2) is 24.3 Å². The summed E-state index contributed by atoms with van der Waals surface area (Å²) >= 11 is 0. The molecule has 17 heavy (non-hydrogen) atoms. The molecule has 0 aliphatic heterocycles. The lowest BCUT2D eigenvalue weighted by Gasteiger charge is -2.13. The molecule has 0 radical (unpaired) electrons. The van der Waals surface area contributed by atoms with E-state index in [9.17, 15) is 4.79 Å². The van der Waals surface area contributed by atoms with Crippen LogP contribution < -0.4 is 5.32 Å². The largest absolute Gasteiger partial charge is 0.350 e. The SMILES string of the molecule is CCC[C@@H](C)NC(=O)c1ccc(C(C)C)cc1. The molecule has 1 amide bonds. The molecule has 0 aliphatic rings. The maximum absolute atomic E-state index is 11.9. The van der Waals surface area contributed by atoms with E-state index in [0.717, 1.165) is 18.4 Å². The van der Waals surface area contributed by atoms with E-state index in [0.29, 0.717) is 5.92 Å². The Morgan fingerprint density at radius 2 is 1.76 bits per heavy atom. The maximum Gasteiger partial charge on any atom is 0.251 e. The molecule has 0 fully saturated rings. The van der Waals surface area contributed by atoms with Crippen molar-refractivity contribution in [2.24, 2.45) is 0 Å². The van der Waals surface area contributed by atoms with Crippen molar-refractivity contribution >= 4 is 5.91 Å². The standard InChI is InChI=1S/C15H23NO/c1-5-6-12(4)16-15(17)14-9-7-13(8-10-14)11(2)3/h7-12H,5-6H2,1-4H3,(H,16,17)/t12-/m1/s1. The molecule has 0 bridgehead atoms. The van der Waals surface area contributed by atoms with E-state index in [2.05, 4.69) is 26.1 Å². The Morgan fingerprint density at radius 3 is 2.24 bits per heavy atom. The summed E-state index contributed by atoms with van der Waals surface area (Å²) < 4.78 is 0. The summed E-state index contributed by atoms with van der Waals surface area (Å²) in [6.07, 6.45) is 2.11. The number of hydrogen-bond acceptors (Lipinski definition) is 1. The monoisotopic (exact) mass is 233 g/mol. The molecular weight excluding hydrogens is 210 g/mol. The third-order valence-electron chi connectivity index (χ3n) is 2.94. The van der Waals surface area contributed by atoms with Crippen LogP contribution in [0.1, 0.15) is 62.4 Å². The van der Waals surface area contributed by atoms with Crippen molar-refractivity contribution in [2.45, 2.75) is 52.5 Å². The molecule has 2 nitrogen and oxygen atoms in total. The lowest BCUT2D eigenvalue weighted by molar-refractivity contribution is 0.0938. The van der Waals surface area contributed by atoms with E-state index in [1.807, 2.05) is 31.2 Å². The van der Waals surface area contributed by atoms with E-state index in [1.54, 1.807) is 0 Å². The van der Waals surface area contributed by atoms with Crippen LogP contribution in [0.4, 0.5) is 0 Å². The average Bonchev–Trinajstić information content (AvgIpc) is 2.29. The summed E-state index contributed by atoms with van der Waals surface area (Å²) in [5, 5.41) is 3.01. The first kappa shape index (κ1) is 13.8. The molecule has 1 atom stereocenters. The van der Waals surface area contributed by atoms with Crippen molar-refractivity contribution in [2.75, 3.05) is 0 Å². The molecule has 1 N–H and O–H groups in total. The molecular formula is C15H23NO. The first-order valence-corrected chi connectivity index (χ1v) is 6.45. The van der Waals surface area contributed by atoms with Gasteiger partial charge >= 0.3 is 0 Å². The van der Waals surface area contributed by atoms with E-state index >= 15 is 0 Å². The Balaban J connectivity index is 2.63. The summed E-state index contributed by atoms with van der Waals surface area (Å²) in [6.45, 7) is 8.47. The second kappa shape index (κ2) is 6.43. The Bertz CT molecular complexity index is 354. The fraction of sp³-hybridized carbons (Fsp3) is 0.533. The van der Waals surface area contributed by atoms with Gasteiger partial charge in [0.1, 0.15) is 0 Å². The van der Waals surface area contributed by atoms with Gasteiger partial charge in [-0.3, -0.25) is 4.79 Å². The molecule has 0 saturated heterocycles. The lowest BCUT2D eigenvalue weighted by Crippen LogP contribution is -2.32. The lowest BCUT2D eigenvalue weighted by atomic mass is 10.0. The van der Waals surface area contributed by atoms with Gasteiger partial charge in [-0.05, 0) is 37.0 Å². The van der Waals surface area contributed by atoms with Crippen molar-refractivity contribution in [3.63, 3.8) is 0 Å². The fourth-order valence-electron chi connectivity index (χ4n) is 1.83. The highest BCUT2D eigenvalue weighted by Gasteiger charge is 2.09. The van der Waals surface area contributed by atoms with Gasteiger partial charge < -0.3 is 5.32 Å². The van der Waals surface area contributed by atoms with Gasteiger partial charge in [-0.1, -0.05) is 39.3 Å². The highest BCUT2D eigenvalue weighted by Crippen LogP contribution is 2.14. The van der Waals surface area contributed by atoms with Crippen LogP contribution in [-0.2, 0) is 0 Å². The Hall–Kier alpha value is -1.31. The van der Waals surface area contributed by atoms with Crippen molar-refractivity contribution < 1.29 is 4.79 Å². The van der Waals surface area contributed by atoms with Gasteiger partial charge in [-0.25, -0.2) is 0 Å². The Morgan fingerprint density at radius 1 is 1.18 bits per heavy atom.